The van der Waals surface area contributed by atoms with Gasteiger partial charge in [-0.15, -0.1) is 0 Å². The van der Waals surface area contributed by atoms with E-state index in [9.17, 15) is 4.79 Å². The van der Waals surface area contributed by atoms with Gasteiger partial charge in [0.1, 0.15) is 5.69 Å². The fourth-order valence-corrected chi connectivity index (χ4v) is 2.46. The molecule has 2 aromatic rings. The SMILES string of the molecule is CCN(CC)c1nc(C)cc(C(=O)Nc2ccc(C)cc2C)n1. The molecular formula is C18H24N4O. The van der Waals surface area contributed by atoms with Gasteiger partial charge in [-0.05, 0) is 52.3 Å². The molecule has 1 aromatic heterocycles. The number of anilines is 2. The first-order valence-electron chi connectivity index (χ1n) is 7.93. The number of benzene rings is 1. The van der Waals surface area contributed by atoms with Crippen LogP contribution in [0, 0.1) is 20.8 Å². The molecule has 0 aliphatic heterocycles. The molecule has 122 valence electrons. The van der Waals surface area contributed by atoms with Gasteiger partial charge in [0.15, 0.2) is 0 Å². The van der Waals surface area contributed by atoms with E-state index in [0.29, 0.717) is 11.6 Å². The number of amides is 1. The molecule has 2 rings (SSSR count). The maximum Gasteiger partial charge on any atom is 0.274 e. The van der Waals surface area contributed by atoms with Crippen LogP contribution in [-0.2, 0) is 0 Å². The molecule has 0 saturated carbocycles. The standard InChI is InChI=1S/C18H24N4O/c1-6-22(7-2)18-19-14(5)11-16(21-18)17(23)20-15-9-8-12(3)10-13(15)4/h8-11H,6-7H2,1-5H3,(H,20,23). The van der Waals surface area contributed by atoms with Gasteiger partial charge in [0.05, 0.1) is 0 Å². The number of carbonyl (C=O) groups is 1. The van der Waals surface area contributed by atoms with Gasteiger partial charge in [-0.1, -0.05) is 17.7 Å². The van der Waals surface area contributed by atoms with E-state index >= 15 is 0 Å². The van der Waals surface area contributed by atoms with Gasteiger partial charge < -0.3 is 10.2 Å². The van der Waals surface area contributed by atoms with Crippen LogP contribution in [0.3, 0.4) is 0 Å². The molecule has 0 aliphatic carbocycles. The summed E-state index contributed by atoms with van der Waals surface area (Å²) in [6.07, 6.45) is 0. The van der Waals surface area contributed by atoms with Crippen LogP contribution in [0.1, 0.15) is 41.2 Å². The zero-order valence-corrected chi connectivity index (χ0v) is 14.5. The molecule has 1 amide bonds. The Kier molecular flexibility index (Phi) is 5.32. The van der Waals surface area contributed by atoms with Crippen LogP contribution in [0.4, 0.5) is 11.6 Å². The molecule has 23 heavy (non-hydrogen) atoms. The van der Waals surface area contributed by atoms with Crippen molar-refractivity contribution < 1.29 is 4.79 Å². The van der Waals surface area contributed by atoms with E-state index in [2.05, 4.69) is 15.3 Å². The van der Waals surface area contributed by atoms with Crippen LogP contribution in [0.5, 0.6) is 0 Å². The van der Waals surface area contributed by atoms with E-state index in [1.807, 2.05) is 57.7 Å². The molecule has 0 aliphatic rings. The normalized spacial score (nSPS) is 10.5. The monoisotopic (exact) mass is 312 g/mol. The fourth-order valence-electron chi connectivity index (χ4n) is 2.46. The number of nitrogens with zero attached hydrogens (tertiary/aromatic N) is 3. The second-order valence-corrected chi connectivity index (χ2v) is 5.64. The van der Waals surface area contributed by atoms with Crippen molar-refractivity contribution in [1.82, 2.24) is 9.97 Å². The van der Waals surface area contributed by atoms with Gasteiger partial charge in [0, 0.05) is 24.5 Å². The number of nitrogens with one attached hydrogen (secondary N) is 1. The summed E-state index contributed by atoms with van der Waals surface area (Å²) < 4.78 is 0. The van der Waals surface area contributed by atoms with Crippen LogP contribution < -0.4 is 10.2 Å². The molecule has 5 heteroatoms. The predicted molar refractivity (Wildman–Crippen MR) is 94.2 cm³/mol. The molecule has 0 unspecified atom stereocenters. The second-order valence-electron chi connectivity index (χ2n) is 5.64. The largest absolute Gasteiger partial charge is 0.341 e. The van der Waals surface area contributed by atoms with E-state index in [4.69, 9.17) is 0 Å². The summed E-state index contributed by atoms with van der Waals surface area (Å²) in [5.41, 5.74) is 4.18. The van der Waals surface area contributed by atoms with Crippen molar-refractivity contribution in [2.75, 3.05) is 23.3 Å². The van der Waals surface area contributed by atoms with Crippen molar-refractivity contribution >= 4 is 17.5 Å². The highest BCUT2D eigenvalue weighted by Crippen LogP contribution is 2.17. The number of hydrogen-bond acceptors (Lipinski definition) is 4. The van der Waals surface area contributed by atoms with Crippen molar-refractivity contribution in [3.63, 3.8) is 0 Å². The van der Waals surface area contributed by atoms with E-state index in [-0.39, 0.29) is 5.91 Å². The van der Waals surface area contributed by atoms with Gasteiger partial charge >= 0.3 is 0 Å². The Bertz CT molecular complexity index is 708. The fraction of sp³-hybridized carbons (Fsp3) is 0.389. The van der Waals surface area contributed by atoms with Gasteiger partial charge in [-0.25, -0.2) is 9.97 Å². The Morgan fingerprint density at radius 1 is 1.09 bits per heavy atom. The van der Waals surface area contributed by atoms with Crippen molar-refractivity contribution in [2.24, 2.45) is 0 Å². The Labute approximate surface area is 137 Å². The third-order valence-electron chi connectivity index (χ3n) is 3.75. The summed E-state index contributed by atoms with van der Waals surface area (Å²) in [6, 6.07) is 7.66. The molecule has 1 N–H and O–H groups in total. The molecule has 0 bridgehead atoms. The highest BCUT2D eigenvalue weighted by atomic mass is 16.1. The first-order chi connectivity index (χ1) is 10.9. The van der Waals surface area contributed by atoms with Crippen LogP contribution in [0.15, 0.2) is 24.3 Å². The lowest BCUT2D eigenvalue weighted by Gasteiger charge is -2.19. The van der Waals surface area contributed by atoms with E-state index in [1.165, 1.54) is 5.56 Å². The average molecular weight is 312 g/mol. The average Bonchev–Trinajstić information content (AvgIpc) is 2.50. The van der Waals surface area contributed by atoms with E-state index in [0.717, 1.165) is 30.0 Å². The number of rotatable bonds is 5. The molecule has 0 fully saturated rings. The summed E-state index contributed by atoms with van der Waals surface area (Å²) in [5, 5.41) is 2.94. The van der Waals surface area contributed by atoms with Crippen molar-refractivity contribution in [3.8, 4) is 0 Å². The quantitative estimate of drug-likeness (QED) is 0.918. The van der Waals surface area contributed by atoms with Crippen molar-refractivity contribution in [2.45, 2.75) is 34.6 Å². The Morgan fingerprint density at radius 3 is 2.39 bits per heavy atom. The topological polar surface area (TPSA) is 58.1 Å². The molecule has 0 saturated heterocycles. The zero-order chi connectivity index (χ0) is 17.0. The highest BCUT2D eigenvalue weighted by Gasteiger charge is 2.14. The Morgan fingerprint density at radius 2 is 1.78 bits per heavy atom. The van der Waals surface area contributed by atoms with Crippen LogP contribution >= 0.6 is 0 Å². The van der Waals surface area contributed by atoms with Gasteiger partial charge in [0.25, 0.3) is 5.91 Å². The lowest BCUT2D eigenvalue weighted by atomic mass is 10.1. The predicted octanol–water partition coefficient (Wildman–Crippen LogP) is 3.50. The number of aromatic nitrogens is 2. The number of aryl methyl sites for hydroxylation is 3. The summed E-state index contributed by atoms with van der Waals surface area (Å²) in [6.45, 7) is 11.6. The summed E-state index contributed by atoms with van der Waals surface area (Å²) in [7, 11) is 0. The van der Waals surface area contributed by atoms with Gasteiger partial charge in [0.2, 0.25) is 5.95 Å². The summed E-state index contributed by atoms with van der Waals surface area (Å²) in [4.78, 5) is 23.4. The summed E-state index contributed by atoms with van der Waals surface area (Å²) >= 11 is 0. The molecule has 1 aromatic carbocycles. The molecule has 0 radical (unpaired) electrons. The minimum absolute atomic E-state index is 0.212. The first kappa shape index (κ1) is 16.9. The number of carbonyl (C=O) groups excluding carboxylic acids is 1. The van der Waals surface area contributed by atoms with Crippen LogP contribution in [0.2, 0.25) is 0 Å². The van der Waals surface area contributed by atoms with E-state index in [1.54, 1.807) is 6.07 Å². The van der Waals surface area contributed by atoms with Gasteiger partial charge in [-0.3, -0.25) is 4.79 Å². The highest BCUT2D eigenvalue weighted by molar-refractivity contribution is 6.03. The van der Waals surface area contributed by atoms with Crippen LogP contribution in [0.25, 0.3) is 0 Å². The van der Waals surface area contributed by atoms with Gasteiger partial charge in [-0.2, -0.15) is 0 Å². The molecule has 0 spiro atoms. The minimum Gasteiger partial charge on any atom is -0.341 e. The first-order valence-corrected chi connectivity index (χ1v) is 7.93. The van der Waals surface area contributed by atoms with Crippen molar-refractivity contribution in [1.29, 1.82) is 0 Å². The summed E-state index contributed by atoms with van der Waals surface area (Å²) in [5.74, 6) is 0.386. The zero-order valence-electron chi connectivity index (χ0n) is 14.5. The molecule has 0 atom stereocenters. The lowest BCUT2D eigenvalue weighted by molar-refractivity contribution is 0.102. The lowest BCUT2D eigenvalue weighted by Crippen LogP contribution is -2.26. The van der Waals surface area contributed by atoms with Crippen LogP contribution in [-0.4, -0.2) is 29.0 Å². The van der Waals surface area contributed by atoms with E-state index < -0.39 is 0 Å². The maximum absolute atomic E-state index is 12.5. The maximum atomic E-state index is 12.5. The third kappa shape index (κ3) is 4.06. The second kappa shape index (κ2) is 7.22. The number of hydrogen-bond donors (Lipinski definition) is 1. The minimum atomic E-state index is -0.212. The Hall–Kier alpha value is -2.43. The molecular weight excluding hydrogens is 288 g/mol. The van der Waals surface area contributed by atoms with Crippen molar-refractivity contribution in [3.05, 3.63) is 46.8 Å². The smallest absolute Gasteiger partial charge is 0.274 e. The molecule has 1 heterocycles. The Balaban J connectivity index is 2.28. The third-order valence-corrected chi connectivity index (χ3v) is 3.75. The molecule has 5 nitrogen and oxygen atoms in total.